The molecule has 0 atom stereocenters. The van der Waals surface area contributed by atoms with E-state index < -0.39 is 0 Å². The van der Waals surface area contributed by atoms with E-state index in [1.54, 1.807) is 36.1 Å². The van der Waals surface area contributed by atoms with E-state index in [1.165, 1.54) is 0 Å². The second-order valence-corrected chi connectivity index (χ2v) is 6.80. The molecule has 0 bridgehead atoms. The molecule has 2 amide bonds. The summed E-state index contributed by atoms with van der Waals surface area (Å²) in [5.74, 6) is 0.534. The number of anilines is 2. The van der Waals surface area contributed by atoms with Gasteiger partial charge >= 0.3 is 0 Å². The Hall–Kier alpha value is -2.79. The molecule has 2 aromatic carbocycles. The Morgan fingerprint density at radius 3 is 2.85 bits per heavy atom. The Kier molecular flexibility index (Phi) is 4.17. The van der Waals surface area contributed by atoms with Gasteiger partial charge in [0.2, 0.25) is 5.91 Å². The van der Waals surface area contributed by atoms with Crippen molar-refractivity contribution >= 4 is 40.9 Å². The summed E-state index contributed by atoms with van der Waals surface area (Å²) in [6.45, 7) is 2.45. The van der Waals surface area contributed by atoms with Crippen LogP contribution >= 0.6 is 11.6 Å². The molecule has 132 valence electrons. The first-order valence-electron chi connectivity index (χ1n) is 8.36. The fraction of sp³-hybridized carbons (Fsp3) is 0.200. The minimum Gasteiger partial charge on any atom is -0.488 e. The molecular weight excluding hydrogens is 352 g/mol. The van der Waals surface area contributed by atoms with Crippen molar-refractivity contribution in [2.75, 3.05) is 23.4 Å². The van der Waals surface area contributed by atoms with Crippen LogP contribution in [0.5, 0.6) is 5.75 Å². The molecule has 6 heteroatoms. The first-order valence-corrected chi connectivity index (χ1v) is 8.74. The molecule has 2 aromatic rings. The van der Waals surface area contributed by atoms with Crippen molar-refractivity contribution in [2.24, 2.45) is 0 Å². The quantitative estimate of drug-likeness (QED) is 0.880. The number of carbonyl (C=O) groups excluding carboxylic acids is 2. The number of fused-ring (bicyclic) bond motifs is 2. The minimum atomic E-state index is -0.211. The van der Waals surface area contributed by atoms with Crippen molar-refractivity contribution in [3.05, 3.63) is 58.1 Å². The molecule has 26 heavy (non-hydrogen) atoms. The van der Waals surface area contributed by atoms with Crippen LogP contribution in [-0.2, 0) is 16.0 Å². The van der Waals surface area contributed by atoms with Gasteiger partial charge in [-0.25, -0.2) is 0 Å². The summed E-state index contributed by atoms with van der Waals surface area (Å²) < 4.78 is 5.63. The van der Waals surface area contributed by atoms with E-state index in [0.717, 1.165) is 23.2 Å². The van der Waals surface area contributed by atoms with E-state index >= 15 is 0 Å². The monoisotopic (exact) mass is 368 g/mol. The Labute approximate surface area is 156 Å². The van der Waals surface area contributed by atoms with Crippen molar-refractivity contribution in [1.29, 1.82) is 0 Å². The van der Waals surface area contributed by atoms with Gasteiger partial charge in [0.25, 0.3) is 5.91 Å². The number of ether oxygens (including phenoxy) is 1. The third-order valence-corrected chi connectivity index (χ3v) is 4.82. The highest BCUT2D eigenvalue weighted by molar-refractivity contribution is 6.30. The van der Waals surface area contributed by atoms with Crippen LogP contribution in [-0.4, -0.2) is 25.0 Å². The number of nitrogens with zero attached hydrogens (tertiary/aromatic N) is 1. The number of nitrogens with one attached hydrogen (secondary N) is 1. The van der Waals surface area contributed by atoms with E-state index in [1.807, 2.05) is 18.2 Å². The molecule has 2 aliphatic rings. The number of halogens is 1. The van der Waals surface area contributed by atoms with E-state index in [2.05, 4.69) is 5.32 Å². The lowest BCUT2D eigenvalue weighted by Crippen LogP contribution is -2.25. The summed E-state index contributed by atoms with van der Waals surface area (Å²) in [6.07, 6.45) is 2.58. The van der Waals surface area contributed by atoms with Crippen molar-refractivity contribution in [3.63, 3.8) is 0 Å². The molecule has 0 radical (unpaired) electrons. The molecule has 4 rings (SSSR count). The van der Waals surface area contributed by atoms with Gasteiger partial charge in [0.05, 0.1) is 5.57 Å². The maximum absolute atomic E-state index is 12.6. The van der Waals surface area contributed by atoms with E-state index in [0.29, 0.717) is 28.6 Å². The molecular formula is C20H17ClN2O3. The average Bonchev–Trinajstić information content (AvgIpc) is 3.04. The van der Waals surface area contributed by atoms with Crippen LogP contribution in [0.15, 0.2) is 42.0 Å². The number of rotatable bonds is 2. The van der Waals surface area contributed by atoms with Gasteiger partial charge in [-0.1, -0.05) is 11.6 Å². The molecule has 2 heterocycles. The average molecular weight is 369 g/mol. The summed E-state index contributed by atoms with van der Waals surface area (Å²) >= 11 is 6.01. The minimum absolute atomic E-state index is 0.0300. The lowest BCUT2D eigenvalue weighted by atomic mass is 10.1. The highest BCUT2D eigenvalue weighted by Crippen LogP contribution is 2.32. The van der Waals surface area contributed by atoms with Crippen LogP contribution in [0.4, 0.5) is 11.4 Å². The predicted octanol–water partition coefficient (Wildman–Crippen LogP) is 3.66. The molecule has 2 aliphatic heterocycles. The zero-order chi connectivity index (χ0) is 18.3. The van der Waals surface area contributed by atoms with Crippen molar-refractivity contribution in [1.82, 2.24) is 0 Å². The van der Waals surface area contributed by atoms with E-state index in [4.69, 9.17) is 16.3 Å². The maximum atomic E-state index is 12.6. The normalized spacial score (nSPS) is 14.8. The Morgan fingerprint density at radius 1 is 1.19 bits per heavy atom. The second kappa shape index (κ2) is 6.50. The number of carbonyl (C=O) groups is 2. The van der Waals surface area contributed by atoms with E-state index in [9.17, 15) is 9.59 Å². The summed E-state index contributed by atoms with van der Waals surface area (Å²) in [5, 5.41) is 3.50. The lowest BCUT2D eigenvalue weighted by molar-refractivity contribution is -0.116. The number of hydrogen-bond donors (Lipinski definition) is 1. The van der Waals surface area contributed by atoms with Gasteiger partial charge < -0.3 is 15.0 Å². The van der Waals surface area contributed by atoms with Gasteiger partial charge in [-0.15, -0.1) is 0 Å². The second-order valence-electron chi connectivity index (χ2n) is 6.36. The van der Waals surface area contributed by atoms with Gasteiger partial charge in [-0.3, -0.25) is 9.59 Å². The summed E-state index contributed by atoms with van der Waals surface area (Å²) in [7, 11) is 0. The standard InChI is InChI=1S/C20H17ClN2O3/c1-12(24)23-7-6-13-10-17(3-4-18(13)23)22-20(25)15-8-14-9-16(21)2-5-19(14)26-11-15/h2-5,8-10H,6-7,11H2,1H3,(H,22,25). The fourth-order valence-electron chi connectivity index (χ4n) is 3.30. The molecule has 0 aliphatic carbocycles. The molecule has 5 nitrogen and oxygen atoms in total. The molecule has 0 aromatic heterocycles. The largest absolute Gasteiger partial charge is 0.488 e. The number of amides is 2. The summed E-state index contributed by atoms with van der Waals surface area (Å²) in [5.41, 5.74) is 4.01. The smallest absolute Gasteiger partial charge is 0.255 e. The van der Waals surface area contributed by atoms with Crippen LogP contribution in [0.2, 0.25) is 5.02 Å². The first-order chi connectivity index (χ1) is 12.5. The zero-order valence-corrected chi connectivity index (χ0v) is 15.0. The maximum Gasteiger partial charge on any atom is 0.255 e. The molecule has 1 N–H and O–H groups in total. The first kappa shape index (κ1) is 16.7. The van der Waals surface area contributed by atoms with Crippen LogP contribution in [0.1, 0.15) is 18.1 Å². The van der Waals surface area contributed by atoms with Gasteiger partial charge in [-0.05, 0) is 54.5 Å². The highest BCUT2D eigenvalue weighted by Gasteiger charge is 2.23. The van der Waals surface area contributed by atoms with Gasteiger partial charge in [0.15, 0.2) is 0 Å². The third-order valence-electron chi connectivity index (χ3n) is 4.59. The van der Waals surface area contributed by atoms with Crippen LogP contribution in [0, 0.1) is 0 Å². The zero-order valence-electron chi connectivity index (χ0n) is 14.2. The van der Waals surface area contributed by atoms with E-state index in [-0.39, 0.29) is 18.4 Å². The molecule has 0 saturated carbocycles. The van der Waals surface area contributed by atoms with Gasteiger partial charge in [0, 0.05) is 35.4 Å². The van der Waals surface area contributed by atoms with Crippen molar-refractivity contribution in [2.45, 2.75) is 13.3 Å². The Balaban J connectivity index is 1.53. The van der Waals surface area contributed by atoms with Crippen LogP contribution in [0.25, 0.3) is 6.08 Å². The Morgan fingerprint density at radius 2 is 2.04 bits per heavy atom. The highest BCUT2D eigenvalue weighted by atomic mass is 35.5. The summed E-state index contributed by atoms with van der Waals surface area (Å²) in [6, 6.07) is 10.9. The summed E-state index contributed by atoms with van der Waals surface area (Å²) in [4.78, 5) is 26.0. The topological polar surface area (TPSA) is 58.6 Å². The number of benzene rings is 2. The van der Waals surface area contributed by atoms with Crippen LogP contribution in [0.3, 0.4) is 0 Å². The molecule has 0 fully saturated rings. The lowest BCUT2D eigenvalue weighted by Gasteiger charge is -2.18. The van der Waals surface area contributed by atoms with Crippen molar-refractivity contribution in [3.8, 4) is 5.75 Å². The molecule has 0 saturated heterocycles. The van der Waals surface area contributed by atoms with Crippen molar-refractivity contribution < 1.29 is 14.3 Å². The van der Waals surface area contributed by atoms with Crippen LogP contribution < -0.4 is 15.0 Å². The molecule has 0 unspecified atom stereocenters. The SMILES string of the molecule is CC(=O)N1CCc2cc(NC(=O)C3=Cc4cc(Cl)ccc4OC3)ccc21. The molecule has 0 spiro atoms. The fourth-order valence-corrected chi connectivity index (χ4v) is 3.48. The third kappa shape index (κ3) is 3.06. The number of hydrogen-bond acceptors (Lipinski definition) is 3. The van der Waals surface area contributed by atoms with Gasteiger partial charge in [0.1, 0.15) is 12.4 Å². The predicted molar refractivity (Wildman–Crippen MR) is 102 cm³/mol. The van der Waals surface area contributed by atoms with Gasteiger partial charge in [-0.2, -0.15) is 0 Å². The Bertz CT molecular complexity index is 952.